The van der Waals surface area contributed by atoms with E-state index >= 15 is 0 Å². The van der Waals surface area contributed by atoms with E-state index in [9.17, 15) is 13.2 Å². The van der Waals surface area contributed by atoms with Crippen LogP contribution in [0.1, 0.15) is 136 Å². The minimum absolute atomic E-state index is 0. The molecule has 0 atom stereocenters. The summed E-state index contributed by atoms with van der Waals surface area (Å²) in [6.45, 7) is 9.73. The molecule has 0 rings (SSSR count). The van der Waals surface area contributed by atoms with Gasteiger partial charge in [-0.3, -0.25) is 4.55 Å². The Morgan fingerprint density at radius 2 is 0.771 bits per heavy atom. The Kier molecular flexibility index (Phi) is 27.6. The van der Waals surface area contributed by atoms with Gasteiger partial charge in [0.25, 0.3) is 0 Å². The van der Waals surface area contributed by atoms with Crippen LogP contribution < -0.4 is 6.15 Å². The molecule has 4 N–H and O–H groups in total. The van der Waals surface area contributed by atoms with Crippen LogP contribution in [0.5, 0.6) is 0 Å². The topological polar surface area (TPSA) is 89.4 Å². The fraction of sp³-hybridized carbons (Fsp3) is 1.00. The number of alkyl halides is 3. The summed E-state index contributed by atoms with van der Waals surface area (Å²) < 4.78 is 57.5. The van der Waals surface area contributed by atoms with Crippen molar-refractivity contribution in [2.24, 2.45) is 0 Å². The molecule has 0 amide bonds. The molecule has 0 aromatic heterocycles. The van der Waals surface area contributed by atoms with Crippen LogP contribution in [0.3, 0.4) is 0 Å². The van der Waals surface area contributed by atoms with Gasteiger partial charge in [0.05, 0.1) is 0 Å². The maximum atomic E-state index is 10.7. The van der Waals surface area contributed by atoms with Crippen LogP contribution in [0.4, 0.5) is 13.2 Å². The number of rotatable bonds is 21. The Morgan fingerprint density at radius 3 is 0.971 bits per heavy atom. The van der Waals surface area contributed by atoms with Gasteiger partial charge >= 0.3 is 184 Å². The summed E-state index contributed by atoms with van der Waals surface area (Å²) in [6, 6.07) is 0. The molecule has 4 nitrogen and oxygen atoms in total. The molecule has 0 aliphatic rings. The van der Waals surface area contributed by atoms with E-state index < -0.39 is 22.9 Å². The van der Waals surface area contributed by atoms with Gasteiger partial charge in [0.15, 0.2) is 0 Å². The summed E-state index contributed by atoms with van der Waals surface area (Å²) in [6.07, 6.45) is 31.4. The first-order valence-corrected chi connectivity index (χ1v) is 18.5. The second kappa shape index (κ2) is 24.4. The van der Waals surface area contributed by atoms with E-state index in [1.165, 1.54) is 116 Å². The molecule has 0 aromatic carbocycles. The maximum absolute atomic E-state index is 10.7. The molecule has 0 aromatic rings. The minimum Gasteiger partial charge on any atom is -0.344 e. The van der Waals surface area contributed by atoms with E-state index in [-0.39, 0.29) is 6.15 Å². The zero-order chi connectivity index (χ0) is 26.3. The van der Waals surface area contributed by atoms with Crippen LogP contribution in [0.25, 0.3) is 0 Å². The van der Waals surface area contributed by atoms with Gasteiger partial charge in [-0.25, -0.2) is 0 Å². The van der Waals surface area contributed by atoms with E-state index in [0.717, 1.165) is 0 Å². The van der Waals surface area contributed by atoms with Crippen LogP contribution in [-0.2, 0) is 10.1 Å². The normalized spacial score (nSPS) is 12.6. The summed E-state index contributed by atoms with van der Waals surface area (Å²) in [7, 11) is -6.80. The molecule has 35 heavy (non-hydrogen) atoms. The Bertz CT molecular complexity index is 506. The van der Waals surface area contributed by atoms with E-state index in [1.807, 2.05) is 0 Å². The molecule has 0 bridgehead atoms. The number of halogens is 3. The van der Waals surface area contributed by atoms with Crippen molar-refractivity contribution in [2.75, 3.05) is 25.2 Å². The van der Waals surface area contributed by atoms with Crippen LogP contribution in [0, 0.1) is 0 Å². The minimum atomic E-state index is -5.84. The van der Waals surface area contributed by atoms with E-state index in [1.54, 1.807) is 18.5 Å². The van der Waals surface area contributed by atoms with Crippen LogP contribution in [-0.4, -0.2) is 43.6 Å². The van der Waals surface area contributed by atoms with Crippen molar-refractivity contribution in [3.8, 4) is 0 Å². The van der Waals surface area contributed by atoms with Crippen LogP contribution in [0.2, 0.25) is 0 Å². The second-order valence-corrected chi connectivity index (χ2v) is 16.8. The van der Waals surface area contributed by atoms with Crippen molar-refractivity contribution in [1.29, 1.82) is 0 Å². The zero-order valence-electron chi connectivity index (χ0n) is 23.4. The smallest absolute Gasteiger partial charge is 0.344 e. The monoisotopic (exact) mass is 553 g/mol. The number of hydrogen-bond donors (Lipinski definition) is 2. The van der Waals surface area contributed by atoms with Gasteiger partial charge in [-0.1, -0.05) is 0 Å². The van der Waals surface area contributed by atoms with Crippen molar-refractivity contribution < 1.29 is 26.1 Å². The molecule has 0 fully saturated rings. The van der Waals surface area contributed by atoms with E-state index in [4.69, 9.17) is 13.0 Å². The third-order valence-corrected chi connectivity index (χ3v) is 12.0. The molecule has 0 spiro atoms. The molecule has 0 aliphatic carbocycles. The van der Waals surface area contributed by atoms with Crippen molar-refractivity contribution >= 4 is 17.4 Å². The van der Waals surface area contributed by atoms with Crippen molar-refractivity contribution in [1.82, 2.24) is 6.15 Å². The molecular weight excluding hydrogens is 494 g/mol. The van der Waals surface area contributed by atoms with E-state index in [0.29, 0.717) is 0 Å². The average Bonchev–Trinajstić information content (AvgIpc) is 2.75. The molecule has 0 aliphatic heterocycles. The molecule has 9 heteroatoms. The summed E-state index contributed by atoms with van der Waals surface area (Å²) in [5.74, 6) is 0. The molecule has 218 valence electrons. The number of hydrogen-bond acceptors (Lipinski definition) is 3. The summed E-state index contributed by atoms with van der Waals surface area (Å²) in [4.78, 5) is 0. The summed E-state index contributed by atoms with van der Waals surface area (Å²) >= 11 is 0. The fourth-order valence-electron chi connectivity index (χ4n) is 4.37. The third kappa shape index (κ3) is 27.0. The van der Waals surface area contributed by atoms with Crippen LogP contribution in [0.15, 0.2) is 0 Å². The fourth-order valence-corrected chi connectivity index (χ4v) is 8.43. The second-order valence-electron chi connectivity index (χ2n) is 10.3. The van der Waals surface area contributed by atoms with Gasteiger partial charge < -0.3 is 6.15 Å². The van der Waals surface area contributed by atoms with Gasteiger partial charge in [-0.2, -0.15) is 21.6 Å². The molecule has 0 radical (unpaired) electrons. The first-order chi connectivity index (χ1) is 15.9. The Balaban J connectivity index is -0.000000972. The SMILES string of the molecule is CCCCCCCC[PH](C)(CCCCCCCC)CCCCCCCC.N.O=S(=O)(O)C(F)(F)F. The molecule has 0 saturated heterocycles. The van der Waals surface area contributed by atoms with Crippen molar-refractivity contribution in [3.63, 3.8) is 0 Å². The first kappa shape index (κ1) is 39.6. The predicted molar refractivity (Wildman–Crippen MR) is 152 cm³/mol. The molecule has 0 unspecified atom stereocenters. The summed E-state index contributed by atoms with van der Waals surface area (Å²) in [5.41, 5.74) is -5.53. The van der Waals surface area contributed by atoms with Gasteiger partial charge in [0.1, 0.15) is 0 Å². The first-order valence-electron chi connectivity index (χ1n) is 14.0. The van der Waals surface area contributed by atoms with E-state index in [2.05, 4.69) is 27.4 Å². The average molecular weight is 554 g/mol. The zero-order valence-corrected chi connectivity index (χ0v) is 25.2. The molecular formula is C26H59F3NO3PS. The van der Waals surface area contributed by atoms with Crippen molar-refractivity contribution in [2.45, 2.75) is 142 Å². The third-order valence-electron chi connectivity index (χ3n) is 6.69. The summed E-state index contributed by atoms with van der Waals surface area (Å²) in [5, 5.41) is 0. The number of unbranched alkanes of at least 4 members (excludes halogenated alkanes) is 15. The van der Waals surface area contributed by atoms with Crippen molar-refractivity contribution in [3.05, 3.63) is 0 Å². The maximum Gasteiger partial charge on any atom is 0.522 e. The van der Waals surface area contributed by atoms with Crippen LogP contribution >= 0.6 is 7.26 Å². The molecule has 0 saturated carbocycles. The Morgan fingerprint density at radius 1 is 0.571 bits per heavy atom. The molecule has 0 heterocycles. The Hall–Kier alpha value is 0.0900. The van der Waals surface area contributed by atoms with Gasteiger partial charge in [0, 0.05) is 0 Å². The standard InChI is InChI=1S/C25H55P.CHF3O3S.H3N/c1-5-8-11-14-17-20-23-26(4,24-21-18-15-12-9-6-2)25-22-19-16-13-10-7-3;2-1(3,4)8(5,6)7;/h26H,5-25H2,1-4H3;(H,5,6,7);1H3. The largest absolute Gasteiger partial charge is 0.522 e. The van der Waals surface area contributed by atoms with Gasteiger partial charge in [0.2, 0.25) is 0 Å². The predicted octanol–water partition coefficient (Wildman–Crippen LogP) is 10.0. The van der Waals surface area contributed by atoms with Gasteiger partial charge in [-0.05, 0) is 0 Å². The Labute approximate surface area is 216 Å². The quantitative estimate of drug-likeness (QED) is 0.0640. The van der Waals surface area contributed by atoms with Gasteiger partial charge in [-0.15, -0.1) is 0 Å².